The second kappa shape index (κ2) is 12.9. The number of hydrogen-bond donors (Lipinski definition) is 1. The van der Waals surface area contributed by atoms with Gasteiger partial charge in [0.1, 0.15) is 0 Å². The third kappa shape index (κ3) is 7.71. The molecule has 1 saturated carbocycles. The summed E-state index contributed by atoms with van der Waals surface area (Å²) >= 11 is 1.94. The van der Waals surface area contributed by atoms with Crippen molar-refractivity contribution in [2.75, 3.05) is 46.1 Å². The standard InChI is InChI=1S/C21H39N3OS/c1-22-13-9-19(25-3)17-26-21-12-16-24(15-11-20(21)23-2)14-10-18-7-5-4-6-8-18/h18-19,22H,2,4-17H2,1,3H3. The van der Waals surface area contributed by atoms with Crippen molar-refractivity contribution in [3.63, 3.8) is 0 Å². The van der Waals surface area contributed by atoms with Crippen LogP contribution in [-0.2, 0) is 4.74 Å². The molecule has 0 bridgehead atoms. The zero-order valence-electron chi connectivity index (χ0n) is 17.0. The number of hydrogen-bond acceptors (Lipinski definition) is 5. The minimum Gasteiger partial charge on any atom is -0.381 e. The molecule has 150 valence electrons. The molecule has 5 heteroatoms. The van der Waals surface area contributed by atoms with Gasteiger partial charge in [-0.3, -0.25) is 4.99 Å². The maximum Gasteiger partial charge on any atom is 0.0677 e. The molecule has 0 spiro atoms. The summed E-state index contributed by atoms with van der Waals surface area (Å²) in [5, 5.41) is 3.21. The lowest BCUT2D eigenvalue weighted by atomic mass is 9.87. The molecule has 0 aromatic carbocycles. The first-order valence-corrected chi connectivity index (χ1v) is 11.5. The van der Waals surface area contributed by atoms with E-state index in [2.05, 4.69) is 21.9 Å². The van der Waals surface area contributed by atoms with Gasteiger partial charge in [0, 0.05) is 37.3 Å². The molecule has 2 rings (SSSR count). The average molecular weight is 382 g/mol. The fourth-order valence-electron chi connectivity index (χ4n) is 4.07. The predicted octanol–water partition coefficient (Wildman–Crippen LogP) is 4.32. The highest BCUT2D eigenvalue weighted by Crippen LogP contribution is 2.31. The highest BCUT2D eigenvalue weighted by molar-refractivity contribution is 8.03. The Balaban J connectivity index is 1.77. The zero-order chi connectivity index (χ0) is 18.6. The van der Waals surface area contributed by atoms with Crippen LogP contribution in [0.4, 0.5) is 0 Å². The molecule has 1 unspecified atom stereocenters. The van der Waals surface area contributed by atoms with Crippen molar-refractivity contribution in [3.05, 3.63) is 10.6 Å². The molecule has 1 aliphatic heterocycles. The number of aliphatic imine (C=N–C) groups is 1. The number of methoxy groups -OCH3 is 1. The maximum absolute atomic E-state index is 5.63. The fourth-order valence-corrected chi connectivity index (χ4v) is 5.33. The monoisotopic (exact) mass is 381 g/mol. The molecule has 1 atom stereocenters. The van der Waals surface area contributed by atoms with Crippen LogP contribution in [0.5, 0.6) is 0 Å². The van der Waals surface area contributed by atoms with E-state index in [0.29, 0.717) is 6.10 Å². The Morgan fingerprint density at radius 3 is 2.73 bits per heavy atom. The van der Waals surface area contributed by atoms with Gasteiger partial charge in [-0.25, -0.2) is 0 Å². The topological polar surface area (TPSA) is 36.9 Å². The smallest absolute Gasteiger partial charge is 0.0677 e. The molecule has 2 aliphatic rings. The molecule has 4 nitrogen and oxygen atoms in total. The van der Waals surface area contributed by atoms with Crippen LogP contribution in [0.25, 0.3) is 0 Å². The van der Waals surface area contributed by atoms with Crippen LogP contribution in [0.15, 0.2) is 15.6 Å². The van der Waals surface area contributed by atoms with Crippen molar-refractivity contribution < 1.29 is 4.74 Å². The summed E-state index contributed by atoms with van der Waals surface area (Å²) in [6.45, 7) is 8.40. The quantitative estimate of drug-likeness (QED) is 0.541. The fraction of sp³-hybridized carbons (Fsp3) is 0.857. The molecule has 0 aromatic rings. The molecule has 0 amide bonds. The lowest BCUT2D eigenvalue weighted by Crippen LogP contribution is -2.28. The lowest BCUT2D eigenvalue weighted by Gasteiger charge is -2.26. The van der Waals surface area contributed by atoms with E-state index in [9.17, 15) is 0 Å². The van der Waals surface area contributed by atoms with Crippen LogP contribution in [-0.4, -0.2) is 63.8 Å². The van der Waals surface area contributed by atoms with Crippen LogP contribution >= 0.6 is 11.8 Å². The minimum absolute atomic E-state index is 0.302. The average Bonchev–Trinajstić information content (AvgIpc) is 2.89. The summed E-state index contributed by atoms with van der Waals surface area (Å²) in [6, 6.07) is 0. The van der Waals surface area contributed by atoms with E-state index in [1.54, 1.807) is 0 Å². The summed E-state index contributed by atoms with van der Waals surface area (Å²) in [7, 11) is 3.82. The minimum atomic E-state index is 0.302. The van der Waals surface area contributed by atoms with Crippen LogP contribution in [0, 0.1) is 5.92 Å². The largest absolute Gasteiger partial charge is 0.381 e. The van der Waals surface area contributed by atoms with Gasteiger partial charge < -0.3 is 15.0 Å². The Morgan fingerprint density at radius 2 is 2.04 bits per heavy atom. The molecule has 1 aliphatic carbocycles. The van der Waals surface area contributed by atoms with Crippen LogP contribution in [0.3, 0.4) is 0 Å². The summed E-state index contributed by atoms with van der Waals surface area (Å²) in [4.78, 5) is 8.46. The highest BCUT2D eigenvalue weighted by atomic mass is 32.2. The van der Waals surface area contributed by atoms with Gasteiger partial charge in [0.15, 0.2) is 0 Å². The van der Waals surface area contributed by atoms with Gasteiger partial charge >= 0.3 is 0 Å². The van der Waals surface area contributed by atoms with E-state index in [4.69, 9.17) is 4.74 Å². The van der Waals surface area contributed by atoms with Gasteiger partial charge in [-0.05, 0) is 52.0 Å². The van der Waals surface area contributed by atoms with Crippen molar-refractivity contribution in [1.82, 2.24) is 10.2 Å². The summed E-state index contributed by atoms with van der Waals surface area (Å²) in [5.74, 6) is 1.98. The number of nitrogens with zero attached hydrogens (tertiary/aromatic N) is 2. The maximum atomic E-state index is 5.63. The number of nitrogens with one attached hydrogen (secondary N) is 1. The molecule has 0 radical (unpaired) electrons. The molecule has 1 N–H and O–H groups in total. The van der Waals surface area contributed by atoms with Gasteiger partial charge in [-0.2, -0.15) is 0 Å². The van der Waals surface area contributed by atoms with Crippen LogP contribution < -0.4 is 5.32 Å². The Labute approximate surface area is 165 Å². The molecule has 0 saturated heterocycles. The van der Waals surface area contributed by atoms with E-state index in [1.807, 2.05) is 25.9 Å². The first kappa shape index (κ1) is 21.9. The van der Waals surface area contributed by atoms with Gasteiger partial charge in [-0.15, -0.1) is 11.8 Å². The zero-order valence-corrected chi connectivity index (χ0v) is 17.8. The van der Waals surface area contributed by atoms with E-state index >= 15 is 0 Å². The van der Waals surface area contributed by atoms with E-state index in [-0.39, 0.29) is 0 Å². The van der Waals surface area contributed by atoms with Crippen molar-refractivity contribution >= 4 is 18.5 Å². The Morgan fingerprint density at radius 1 is 1.27 bits per heavy atom. The second-order valence-electron chi connectivity index (χ2n) is 7.72. The predicted molar refractivity (Wildman–Crippen MR) is 115 cm³/mol. The van der Waals surface area contributed by atoms with Gasteiger partial charge in [0.05, 0.1) is 11.8 Å². The Kier molecular flexibility index (Phi) is 10.9. The van der Waals surface area contributed by atoms with Crippen LogP contribution in [0.1, 0.15) is 57.8 Å². The third-order valence-electron chi connectivity index (χ3n) is 5.90. The summed E-state index contributed by atoms with van der Waals surface area (Å²) in [5.41, 5.74) is 1.22. The van der Waals surface area contributed by atoms with Crippen molar-refractivity contribution in [1.29, 1.82) is 0 Å². The van der Waals surface area contributed by atoms with Crippen molar-refractivity contribution in [3.8, 4) is 0 Å². The third-order valence-corrected chi connectivity index (χ3v) is 7.23. The number of ether oxygens (including phenoxy) is 1. The molecule has 1 fully saturated rings. The first-order chi connectivity index (χ1) is 12.8. The molecule has 0 aromatic heterocycles. The lowest BCUT2D eigenvalue weighted by molar-refractivity contribution is 0.115. The van der Waals surface area contributed by atoms with E-state index in [0.717, 1.165) is 44.0 Å². The van der Waals surface area contributed by atoms with Gasteiger partial charge in [-0.1, -0.05) is 32.1 Å². The van der Waals surface area contributed by atoms with Crippen molar-refractivity contribution in [2.45, 2.75) is 63.9 Å². The number of rotatable bonds is 11. The van der Waals surface area contributed by atoms with E-state index < -0.39 is 0 Å². The normalized spacial score (nSPS) is 21.6. The van der Waals surface area contributed by atoms with Gasteiger partial charge in [0.25, 0.3) is 0 Å². The number of thioether (sulfide) groups is 1. The van der Waals surface area contributed by atoms with Gasteiger partial charge in [0.2, 0.25) is 0 Å². The first-order valence-electron chi connectivity index (χ1n) is 10.5. The second-order valence-corrected chi connectivity index (χ2v) is 8.84. The molecular weight excluding hydrogens is 342 g/mol. The van der Waals surface area contributed by atoms with Crippen LogP contribution in [0.2, 0.25) is 0 Å². The molecule has 1 heterocycles. The SMILES string of the molecule is C=NC1=C(SCC(CCNC)OC)CCN(CCC2CCCCC2)CC1. The highest BCUT2D eigenvalue weighted by Gasteiger charge is 2.20. The van der Waals surface area contributed by atoms with Crippen molar-refractivity contribution in [2.24, 2.45) is 10.9 Å². The Bertz CT molecular complexity index is 435. The molecular formula is C21H39N3OS. The summed E-state index contributed by atoms with van der Waals surface area (Å²) in [6.07, 6.45) is 12.2. The summed E-state index contributed by atoms with van der Waals surface area (Å²) < 4.78 is 5.63. The molecule has 26 heavy (non-hydrogen) atoms. The Hall–Kier alpha value is -0.360. The van der Waals surface area contributed by atoms with E-state index in [1.165, 1.54) is 62.2 Å².